The van der Waals surface area contributed by atoms with Crippen LogP contribution < -0.4 is 0 Å². The number of sulfonamides is 2. The largest absolute Gasteiger partial charge is 0.340 e. The van der Waals surface area contributed by atoms with Gasteiger partial charge in [-0.1, -0.05) is 23.7 Å². The molecule has 0 spiro atoms. The molecule has 2 saturated heterocycles. The van der Waals surface area contributed by atoms with E-state index < -0.39 is 20.0 Å². The van der Waals surface area contributed by atoms with Crippen LogP contribution in [0.4, 0.5) is 0 Å². The lowest BCUT2D eigenvalue weighted by Gasteiger charge is -2.38. The van der Waals surface area contributed by atoms with E-state index in [4.69, 9.17) is 11.6 Å². The number of piperazine rings is 1. The average molecular weight is 450 g/mol. The van der Waals surface area contributed by atoms with Gasteiger partial charge in [-0.05, 0) is 25.0 Å². The molecule has 0 N–H and O–H groups in total. The standard InChI is InChI=1S/C17H24ClN3O5S2/c1-27(23,24)21-8-4-5-14(13-21)17(22)19-9-11-20(12-10-19)28(25,26)16-7-3-2-6-15(16)18/h2-3,6-7,14H,4-5,8-13H2,1H3. The van der Waals surface area contributed by atoms with Gasteiger partial charge in [0, 0.05) is 39.3 Å². The smallest absolute Gasteiger partial charge is 0.244 e. The Kier molecular flexibility index (Phi) is 6.35. The summed E-state index contributed by atoms with van der Waals surface area (Å²) in [6, 6.07) is 6.29. The summed E-state index contributed by atoms with van der Waals surface area (Å²) in [5.41, 5.74) is 0. The molecule has 1 aromatic carbocycles. The number of piperidine rings is 1. The average Bonchev–Trinajstić information content (AvgIpc) is 2.67. The van der Waals surface area contributed by atoms with Gasteiger partial charge < -0.3 is 4.90 Å². The second-order valence-electron chi connectivity index (χ2n) is 7.12. The highest BCUT2D eigenvalue weighted by atomic mass is 35.5. The maximum Gasteiger partial charge on any atom is 0.244 e. The molecule has 156 valence electrons. The summed E-state index contributed by atoms with van der Waals surface area (Å²) >= 11 is 6.04. The molecule has 0 aromatic heterocycles. The molecule has 1 aromatic rings. The van der Waals surface area contributed by atoms with Gasteiger partial charge in [0.05, 0.1) is 17.2 Å². The predicted octanol–water partition coefficient (Wildman–Crippen LogP) is 0.845. The zero-order valence-electron chi connectivity index (χ0n) is 15.6. The van der Waals surface area contributed by atoms with Crippen molar-refractivity contribution in [2.45, 2.75) is 17.7 Å². The van der Waals surface area contributed by atoms with Crippen molar-refractivity contribution in [3.05, 3.63) is 29.3 Å². The van der Waals surface area contributed by atoms with Crippen molar-refractivity contribution in [2.75, 3.05) is 45.5 Å². The summed E-state index contributed by atoms with van der Waals surface area (Å²) in [7, 11) is -7.04. The second kappa shape index (κ2) is 8.27. The minimum Gasteiger partial charge on any atom is -0.340 e. The fourth-order valence-electron chi connectivity index (χ4n) is 3.65. The molecule has 2 aliphatic rings. The number of carbonyl (C=O) groups is 1. The third-order valence-corrected chi connectivity index (χ3v) is 8.88. The highest BCUT2D eigenvalue weighted by Gasteiger charge is 2.36. The van der Waals surface area contributed by atoms with E-state index in [2.05, 4.69) is 0 Å². The minimum atomic E-state index is -3.72. The number of rotatable bonds is 4. The maximum absolute atomic E-state index is 12.8. The van der Waals surface area contributed by atoms with Gasteiger partial charge in [-0.2, -0.15) is 4.31 Å². The molecule has 2 aliphatic heterocycles. The first-order valence-electron chi connectivity index (χ1n) is 9.09. The van der Waals surface area contributed by atoms with E-state index in [0.717, 1.165) is 6.26 Å². The number of hydrogen-bond donors (Lipinski definition) is 0. The van der Waals surface area contributed by atoms with Crippen molar-refractivity contribution in [1.29, 1.82) is 0 Å². The fourth-order valence-corrected chi connectivity index (χ4v) is 6.47. The second-order valence-corrected chi connectivity index (χ2v) is 11.4. The molecule has 3 rings (SSSR count). The molecule has 1 amide bonds. The highest BCUT2D eigenvalue weighted by molar-refractivity contribution is 7.89. The number of halogens is 1. The molecule has 1 unspecified atom stereocenters. The van der Waals surface area contributed by atoms with Gasteiger partial charge in [-0.25, -0.2) is 21.1 Å². The number of carbonyl (C=O) groups excluding carboxylic acids is 1. The molecular weight excluding hydrogens is 426 g/mol. The lowest BCUT2D eigenvalue weighted by atomic mass is 9.98. The quantitative estimate of drug-likeness (QED) is 0.678. The first kappa shape index (κ1) is 21.5. The first-order chi connectivity index (χ1) is 13.1. The third kappa shape index (κ3) is 4.51. The topological polar surface area (TPSA) is 95.1 Å². The Morgan fingerprint density at radius 1 is 1.00 bits per heavy atom. The number of amides is 1. The summed E-state index contributed by atoms with van der Waals surface area (Å²) in [6.45, 7) is 1.54. The summed E-state index contributed by atoms with van der Waals surface area (Å²) in [6.07, 6.45) is 2.44. The SMILES string of the molecule is CS(=O)(=O)N1CCCC(C(=O)N2CCN(S(=O)(=O)c3ccccc3Cl)CC2)C1. The summed E-state index contributed by atoms with van der Waals surface area (Å²) in [5.74, 6) is -0.488. The van der Waals surface area contributed by atoms with Crippen LogP contribution in [-0.2, 0) is 24.8 Å². The Morgan fingerprint density at radius 3 is 2.25 bits per heavy atom. The zero-order valence-corrected chi connectivity index (χ0v) is 18.0. The van der Waals surface area contributed by atoms with E-state index in [1.165, 1.54) is 20.7 Å². The molecule has 1 atom stereocenters. The van der Waals surface area contributed by atoms with Crippen molar-refractivity contribution in [3.63, 3.8) is 0 Å². The first-order valence-corrected chi connectivity index (χ1v) is 12.8. The molecule has 0 bridgehead atoms. The van der Waals surface area contributed by atoms with Crippen LogP contribution in [0.1, 0.15) is 12.8 Å². The van der Waals surface area contributed by atoms with Gasteiger partial charge in [-0.15, -0.1) is 0 Å². The van der Waals surface area contributed by atoms with Gasteiger partial charge in [0.15, 0.2) is 0 Å². The van der Waals surface area contributed by atoms with Crippen LogP contribution >= 0.6 is 11.6 Å². The Morgan fingerprint density at radius 2 is 1.64 bits per heavy atom. The van der Waals surface area contributed by atoms with E-state index >= 15 is 0 Å². The van der Waals surface area contributed by atoms with Crippen molar-refractivity contribution in [3.8, 4) is 0 Å². The van der Waals surface area contributed by atoms with Crippen molar-refractivity contribution < 1.29 is 21.6 Å². The Balaban J connectivity index is 1.64. The van der Waals surface area contributed by atoms with Crippen LogP contribution in [0.15, 0.2) is 29.2 Å². The molecule has 0 aliphatic carbocycles. The highest BCUT2D eigenvalue weighted by Crippen LogP contribution is 2.26. The molecule has 11 heteroatoms. The molecule has 0 saturated carbocycles. The zero-order chi connectivity index (χ0) is 20.5. The Hall–Kier alpha value is -1.20. The van der Waals surface area contributed by atoms with Gasteiger partial charge in [0.1, 0.15) is 4.90 Å². The summed E-state index contributed by atoms with van der Waals surface area (Å²) in [4.78, 5) is 14.5. The number of hydrogen-bond acceptors (Lipinski definition) is 5. The van der Waals surface area contributed by atoms with Crippen LogP contribution in [-0.4, -0.2) is 81.8 Å². The van der Waals surface area contributed by atoms with E-state index in [9.17, 15) is 21.6 Å². The number of benzene rings is 1. The van der Waals surface area contributed by atoms with Gasteiger partial charge >= 0.3 is 0 Å². The van der Waals surface area contributed by atoms with Crippen molar-refractivity contribution >= 4 is 37.6 Å². The molecule has 0 radical (unpaired) electrons. The summed E-state index contributed by atoms with van der Waals surface area (Å²) < 4.78 is 51.8. The maximum atomic E-state index is 12.8. The monoisotopic (exact) mass is 449 g/mol. The van der Waals surface area contributed by atoms with Crippen LogP contribution in [0, 0.1) is 5.92 Å². The van der Waals surface area contributed by atoms with E-state index in [0.29, 0.717) is 19.4 Å². The van der Waals surface area contributed by atoms with Crippen LogP contribution in [0.3, 0.4) is 0 Å². The Labute approximate surface area is 171 Å². The fraction of sp³-hybridized carbons (Fsp3) is 0.588. The van der Waals surface area contributed by atoms with Crippen molar-refractivity contribution in [1.82, 2.24) is 13.5 Å². The van der Waals surface area contributed by atoms with Gasteiger partial charge in [0.25, 0.3) is 0 Å². The van der Waals surface area contributed by atoms with Gasteiger partial charge in [0.2, 0.25) is 26.0 Å². The van der Waals surface area contributed by atoms with E-state index in [1.807, 2.05) is 0 Å². The minimum absolute atomic E-state index is 0.0625. The van der Waals surface area contributed by atoms with Crippen LogP contribution in [0.25, 0.3) is 0 Å². The van der Waals surface area contributed by atoms with E-state index in [1.54, 1.807) is 17.0 Å². The molecule has 8 nitrogen and oxygen atoms in total. The summed E-state index contributed by atoms with van der Waals surface area (Å²) in [5, 5.41) is 0.170. The van der Waals surface area contributed by atoms with Gasteiger partial charge in [-0.3, -0.25) is 4.79 Å². The molecule has 2 heterocycles. The third-order valence-electron chi connectivity index (χ3n) is 5.21. The predicted molar refractivity (Wildman–Crippen MR) is 106 cm³/mol. The van der Waals surface area contributed by atoms with E-state index in [-0.39, 0.29) is 54.5 Å². The lowest BCUT2D eigenvalue weighted by molar-refractivity contribution is -0.137. The number of nitrogens with zero attached hydrogens (tertiary/aromatic N) is 3. The van der Waals surface area contributed by atoms with Crippen LogP contribution in [0.5, 0.6) is 0 Å². The lowest BCUT2D eigenvalue weighted by Crippen LogP contribution is -2.54. The molecular formula is C17H24ClN3O5S2. The Bertz CT molecular complexity index is 943. The molecule has 28 heavy (non-hydrogen) atoms. The van der Waals surface area contributed by atoms with Crippen molar-refractivity contribution in [2.24, 2.45) is 5.92 Å². The van der Waals surface area contributed by atoms with Crippen LogP contribution in [0.2, 0.25) is 5.02 Å². The normalized spacial score (nSPS) is 22.9. The molecule has 2 fully saturated rings.